The minimum atomic E-state index is -0.452. The molecule has 0 N–H and O–H groups in total. The van der Waals surface area contributed by atoms with Gasteiger partial charge in [-0.1, -0.05) is 0 Å². The Morgan fingerprint density at radius 2 is 2.27 bits per heavy atom. The molecule has 1 fully saturated rings. The van der Waals surface area contributed by atoms with Gasteiger partial charge in [-0.2, -0.15) is 0 Å². The first kappa shape index (κ1) is 12.5. The molecular weight excluding hydrogens is 194 g/mol. The van der Waals surface area contributed by atoms with E-state index in [-0.39, 0.29) is 5.97 Å². The number of hydrogen-bond donors (Lipinski definition) is 0. The average Bonchev–Trinajstić information content (AvgIpc) is 2.68. The zero-order valence-electron chi connectivity index (χ0n) is 10.1. The van der Waals surface area contributed by atoms with Crippen molar-refractivity contribution in [2.75, 3.05) is 33.9 Å². The van der Waals surface area contributed by atoms with E-state index >= 15 is 0 Å². The lowest BCUT2D eigenvalue weighted by Gasteiger charge is -2.31. The molecule has 0 amide bonds. The van der Waals surface area contributed by atoms with Gasteiger partial charge in [0.15, 0.2) is 0 Å². The van der Waals surface area contributed by atoms with Gasteiger partial charge >= 0.3 is 5.97 Å². The lowest BCUT2D eigenvalue weighted by atomic mass is 9.92. The summed E-state index contributed by atoms with van der Waals surface area (Å²) in [6.45, 7) is 6.12. The van der Waals surface area contributed by atoms with Gasteiger partial charge in [-0.3, -0.25) is 9.69 Å². The predicted octanol–water partition coefficient (Wildman–Crippen LogP) is 0.906. The van der Waals surface area contributed by atoms with Crippen LogP contribution in [0.3, 0.4) is 0 Å². The first-order valence-corrected chi connectivity index (χ1v) is 5.34. The van der Waals surface area contributed by atoms with Crippen LogP contribution in [0.2, 0.25) is 0 Å². The van der Waals surface area contributed by atoms with E-state index in [9.17, 15) is 4.79 Å². The molecule has 0 spiro atoms. The summed E-state index contributed by atoms with van der Waals surface area (Å²) in [5.74, 6) is -0.159. The maximum absolute atomic E-state index is 11.5. The number of methoxy groups -OCH3 is 1. The van der Waals surface area contributed by atoms with Crippen molar-refractivity contribution in [2.45, 2.75) is 26.3 Å². The van der Waals surface area contributed by atoms with Crippen LogP contribution in [0, 0.1) is 5.41 Å². The molecule has 0 bridgehead atoms. The Morgan fingerprint density at radius 3 is 2.73 bits per heavy atom. The number of likely N-dealkylation sites (N-methyl/N-ethyl adjacent to an activating group) is 1. The normalized spacial score (nSPS) is 22.1. The zero-order valence-corrected chi connectivity index (χ0v) is 10.1. The van der Waals surface area contributed by atoms with Crippen LogP contribution in [0.4, 0.5) is 0 Å². The van der Waals surface area contributed by atoms with Crippen LogP contribution in [0.5, 0.6) is 0 Å². The predicted molar refractivity (Wildman–Crippen MR) is 57.7 cm³/mol. The van der Waals surface area contributed by atoms with Crippen molar-refractivity contribution in [1.82, 2.24) is 4.90 Å². The van der Waals surface area contributed by atoms with Crippen molar-refractivity contribution in [1.29, 1.82) is 0 Å². The fraction of sp³-hybridized carbons (Fsp3) is 0.909. The third kappa shape index (κ3) is 3.18. The quantitative estimate of drug-likeness (QED) is 0.653. The Labute approximate surface area is 91.5 Å². The second-order valence-electron chi connectivity index (χ2n) is 4.81. The molecular formula is C11H21NO3. The molecule has 0 radical (unpaired) electrons. The second kappa shape index (κ2) is 4.94. The Hall–Kier alpha value is -0.610. The molecule has 1 saturated heterocycles. The molecule has 0 aromatic heterocycles. The summed E-state index contributed by atoms with van der Waals surface area (Å²) in [4.78, 5) is 13.7. The van der Waals surface area contributed by atoms with Crippen LogP contribution in [-0.4, -0.2) is 50.8 Å². The van der Waals surface area contributed by atoms with E-state index in [0.717, 1.165) is 19.6 Å². The molecule has 15 heavy (non-hydrogen) atoms. The summed E-state index contributed by atoms with van der Waals surface area (Å²) >= 11 is 0. The summed E-state index contributed by atoms with van der Waals surface area (Å²) in [7, 11) is 3.47. The third-order valence-corrected chi connectivity index (χ3v) is 2.91. The fourth-order valence-corrected chi connectivity index (χ4v) is 1.96. The number of nitrogens with zero attached hydrogens (tertiary/aromatic N) is 1. The maximum Gasteiger partial charge on any atom is 0.312 e. The second-order valence-corrected chi connectivity index (χ2v) is 4.81. The van der Waals surface area contributed by atoms with Gasteiger partial charge in [-0.25, -0.2) is 0 Å². The number of hydrogen-bond acceptors (Lipinski definition) is 4. The average molecular weight is 215 g/mol. The van der Waals surface area contributed by atoms with Gasteiger partial charge in [-0.15, -0.1) is 0 Å². The van der Waals surface area contributed by atoms with Crippen molar-refractivity contribution in [2.24, 2.45) is 5.41 Å². The van der Waals surface area contributed by atoms with Gasteiger partial charge in [0, 0.05) is 19.2 Å². The topological polar surface area (TPSA) is 38.8 Å². The molecule has 1 atom stereocenters. The minimum Gasteiger partial charge on any atom is -0.469 e. The van der Waals surface area contributed by atoms with Gasteiger partial charge in [0.25, 0.3) is 0 Å². The fourth-order valence-electron chi connectivity index (χ4n) is 1.96. The van der Waals surface area contributed by atoms with Crippen molar-refractivity contribution in [3.8, 4) is 0 Å². The SMILES string of the molecule is COC(=O)C(C)(C)CN(C)C1CCOC1. The van der Waals surface area contributed by atoms with Crippen LogP contribution < -0.4 is 0 Å². The third-order valence-electron chi connectivity index (χ3n) is 2.91. The summed E-state index contributed by atoms with van der Waals surface area (Å²) in [6.07, 6.45) is 1.05. The highest BCUT2D eigenvalue weighted by atomic mass is 16.5. The molecule has 1 aliphatic heterocycles. The highest BCUT2D eigenvalue weighted by molar-refractivity contribution is 5.76. The van der Waals surface area contributed by atoms with E-state index in [1.54, 1.807) is 0 Å². The van der Waals surface area contributed by atoms with Crippen LogP contribution >= 0.6 is 0 Å². The first-order chi connectivity index (χ1) is 6.97. The Bertz CT molecular complexity index is 222. The number of esters is 1. The zero-order chi connectivity index (χ0) is 11.5. The maximum atomic E-state index is 11.5. The van der Waals surface area contributed by atoms with Crippen molar-refractivity contribution in [3.63, 3.8) is 0 Å². The molecule has 1 unspecified atom stereocenters. The number of rotatable bonds is 4. The molecule has 0 aromatic rings. The highest BCUT2D eigenvalue weighted by Crippen LogP contribution is 2.21. The number of ether oxygens (including phenoxy) is 2. The largest absolute Gasteiger partial charge is 0.469 e. The summed E-state index contributed by atoms with van der Waals surface area (Å²) in [6, 6.07) is 0.439. The molecule has 1 rings (SSSR count). The molecule has 1 aliphatic rings. The standard InChI is InChI=1S/C11H21NO3/c1-11(2,10(13)14-4)8-12(3)9-5-6-15-7-9/h9H,5-8H2,1-4H3. The van der Waals surface area contributed by atoms with E-state index in [2.05, 4.69) is 4.90 Å². The van der Waals surface area contributed by atoms with Gasteiger partial charge in [-0.05, 0) is 27.3 Å². The molecule has 4 nitrogen and oxygen atoms in total. The van der Waals surface area contributed by atoms with Crippen LogP contribution in [0.15, 0.2) is 0 Å². The summed E-state index contributed by atoms with van der Waals surface area (Å²) in [5, 5.41) is 0. The van der Waals surface area contributed by atoms with E-state index < -0.39 is 5.41 Å². The van der Waals surface area contributed by atoms with Crippen LogP contribution in [0.25, 0.3) is 0 Å². The lowest BCUT2D eigenvalue weighted by molar-refractivity contribution is -0.151. The van der Waals surface area contributed by atoms with Crippen LogP contribution in [-0.2, 0) is 14.3 Å². The molecule has 4 heteroatoms. The van der Waals surface area contributed by atoms with Crippen molar-refractivity contribution >= 4 is 5.97 Å². The highest BCUT2D eigenvalue weighted by Gasteiger charge is 2.32. The molecule has 0 aromatic carbocycles. The summed E-state index contributed by atoms with van der Waals surface area (Å²) in [5.41, 5.74) is -0.452. The monoisotopic (exact) mass is 215 g/mol. The van der Waals surface area contributed by atoms with Crippen molar-refractivity contribution < 1.29 is 14.3 Å². The van der Waals surface area contributed by atoms with Gasteiger partial charge in [0.2, 0.25) is 0 Å². The summed E-state index contributed by atoms with van der Waals surface area (Å²) < 4.78 is 10.1. The lowest BCUT2D eigenvalue weighted by Crippen LogP contribution is -2.43. The van der Waals surface area contributed by atoms with E-state index in [1.165, 1.54) is 7.11 Å². The van der Waals surface area contributed by atoms with Crippen LogP contribution in [0.1, 0.15) is 20.3 Å². The Morgan fingerprint density at radius 1 is 1.60 bits per heavy atom. The molecule has 0 saturated carbocycles. The van der Waals surface area contributed by atoms with Gasteiger partial charge < -0.3 is 9.47 Å². The van der Waals surface area contributed by atoms with E-state index in [0.29, 0.717) is 12.6 Å². The molecule has 0 aliphatic carbocycles. The minimum absolute atomic E-state index is 0.159. The smallest absolute Gasteiger partial charge is 0.312 e. The molecule has 88 valence electrons. The van der Waals surface area contributed by atoms with Crippen molar-refractivity contribution in [3.05, 3.63) is 0 Å². The van der Waals surface area contributed by atoms with Gasteiger partial charge in [0.05, 0.1) is 19.1 Å². The van der Waals surface area contributed by atoms with Gasteiger partial charge in [0.1, 0.15) is 0 Å². The molecule has 1 heterocycles. The van der Waals surface area contributed by atoms with E-state index in [4.69, 9.17) is 9.47 Å². The number of carbonyl (C=O) groups excluding carboxylic acids is 1. The number of carbonyl (C=O) groups is 1. The Kier molecular flexibility index (Phi) is 4.11. The van der Waals surface area contributed by atoms with E-state index in [1.807, 2.05) is 20.9 Å². The first-order valence-electron chi connectivity index (χ1n) is 5.34. The Balaban J connectivity index is 2.48.